The van der Waals surface area contributed by atoms with Crippen LogP contribution in [0, 0.1) is 36.8 Å². The average Bonchev–Trinajstić information content (AvgIpc) is 4.03. The van der Waals surface area contributed by atoms with Gasteiger partial charge in [0.05, 0.1) is 57.4 Å². The maximum absolute atomic E-state index is 16.0. The number of halogens is 2. The first-order chi connectivity index (χ1) is 28.7. The van der Waals surface area contributed by atoms with Crippen molar-refractivity contribution in [1.82, 2.24) is 37.6 Å². The van der Waals surface area contributed by atoms with E-state index in [1.807, 2.05) is 18.2 Å². The fourth-order valence-electron chi connectivity index (χ4n) is 10.0. The topological polar surface area (TPSA) is 138 Å². The Morgan fingerprint density at radius 2 is 1.72 bits per heavy atom. The molecule has 308 valence electrons. The van der Waals surface area contributed by atoms with Crippen LogP contribution < -0.4 is 5.69 Å². The lowest BCUT2D eigenvalue weighted by atomic mass is 9.83. The second-order valence-electron chi connectivity index (χ2n) is 17.0. The number of benzene rings is 3. The normalized spacial score (nSPS) is 20.3. The van der Waals surface area contributed by atoms with Crippen LogP contribution in [-0.2, 0) is 34.8 Å². The Hall–Kier alpha value is -5.89. The van der Waals surface area contributed by atoms with Gasteiger partial charge in [0.2, 0.25) is 0 Å². The van der Waals surface area contributed by atoms with Crippen molar-refractivity contribution in [3.8, 4) is 23.3 Å². The van der Waals surface area contributed by atoms with Crippen LogP contribution in [0.2, 0.25) is 0 Å². The molecule has 0 radical (unpaired) electrons. The summed E-state index contributed by atoms with van der Waals surface area (Å²) in [6.45, 7) is 7.92. The molecule has 10 rings (SSSR count). The molecule has 3 atom stereocenters. The minimum absolute atomic E-state index is 0.0202. The standard InChI is InChI=1S/C44H43F2N9O4S/c1-25-18-31(19-26(2)40(25)45)54-42(53-16-15-52(43(53)56)37-11-10-35-32(41(37)46)24-48-50(35)5)39-33(49-54)22-30-7-9-36(39)55(30)60(57,58)38-21-29-20-27(6-8-34(29)51(38)14-13-47)28-12-17-59-44(3,4)23-28/h6,8,10-11,15-16,18-21,24,28,30,36H,7,9,12,14,17,22-23H2,1-5H3/t28-,30+,36-/m0/s1. The number of ether oxygens (including phenoxy) is 1. The molecule has 4 aromatic heterocycles. The van der Waals surface area contributed by atoms with Gasteiger partial charge in [-0.3, -0.25) is 13.8 Å². The van der Waals surface area contributed by atoms with E-state index in [0.717, 1.165) is 23.8 Å². The Morgan fingerprint density at radius 1 is 0.967 bits per heavy atom. The van der Waals surface area contributed by atoms with Crippen LogP contribution >= 0.6 is 0 Å². The van der Waals surface area contributed by atoms with Gasteiger partial charge >= 0.3 is 5.69 Å². The number of nitrogens with zero attached hydrogens (tertiary/aromatic N) is 9. The van der Waals surface area contributed by atoms with Crippen molar-refractivity contribution in [2.75, 3.05) is 6.61 Å². The lowest BCUT2D eigenvalue weighted by molar-refractivity contribution is -0.0592. The van der Waals surface area contributed by atoms with Crippen LogP contribution in [0.5, 0.6) is 0 Å². The number of rotatable bonds is 7. The molecule has 3 aromatic carbocycles. The summed E-state index contributed by atoms with van der Waals surface area (Å²) < 4.78 is 76.3. The van der Waals surface area contributed by atoms with E-state index in [0.29, 0.717) is 58.6 Å². The highest BCUT2D eigenvalue weighted by atomic mass is 32.2. The maximum atomic E-state index is 16.0. The first-order valence-corrected chi connectivity index (χ1v) is 21.6. The van der Waals surface area contributed by atoms with Crippen LogP contribution in [0.15, 0.2) is 76.9 Å². The molecule has 16 heteroatoms. The molecule has 7 heterocycles. The summed E-state index contributed by atoms with van der Waals surface area (Å²) in [5.74, 6) is -0.456. The van der Waals surface area contributed by atoms with Gasteiger partial charge in [0.25, 0.3) is 10.0 Å². The zero-order chi connectivity index (χ0) is 42.0. The molecule has 3 aliphatic heterocycles. The van der Waals surface area contributed by atoms with E-state index in [1.165, 1.54) is 38.1 Å². The van der Waals surface area contributed by atoms with E-state index in [4.69, 9.17) is 9.84 Å². The van der Waals surface area contributed by atoms with E-state index in [-0.39, 0.29) is 52.2 Å². The highest BCUT2D eigenvalue weighted by Gasteiger charge is 2.51. The summed E-state index contributed by atoms with van der Waals surface area (Å²) in [5.41, 5.74) is 3.85. The molecule has 2 bridgehead atoms. The minimum atomic E-state index is -4.27. The molecule has 0 amide bonds. The minimum Gasteiger partial charge on any atom is -0.376 e. The third kappa shape index (κ3) is 5.73. The third-order valence-electron chi connectivity index (χ3n) is 12.8. The average molecular weight is 832 g/mol. The van der Waals surface area contributed by atoms with Gasteiger partial charge in [-0.15, -0.1) is 0 Å². The number of hydrogen-bond acceptors (Lipinski definition) is 7. The summed E-state index contributed by atoms with van der Waals surface area (Å²) in [4.78, 5) is 14.6. The number of sulfonamides is 1. The zero-order valence-electron chi connectivity index (χ0n) is 33.9. The number of imidazole rings is 1. The second-order valence-corrected chi connectivity index (χ2v) is 18.8. The fourth-order valence-corrected chi connectivity index (χ4v) is 12.1. The first kappa shape index (κ1) is 38.3. The van der Waals surface area contributed by atoms with Crippen molar-refractivity contribution in [2.45, 2.75) is 95.0 Å². The predicted octanol–water partition coefficient (Wildman–Crippen LogP) is 7.20. The van der Waals surface area contributed by atoms with Crippen LogP contribution in [0.3, 0.4) is 0 Å². The van der Waals surface area contributed by atoms with Crippen LogP contribution in [0.25, 0.3) is 39.0 Å². The molecule has 0 N–H and O–H groups in total. The second kappa shape index (κ2) is 13.6. The molecule has 13 nitrogen and oxygen atoms in total. The molecule has 60 heavy (non-hydrogen) atoms. The monoisotopic (exact) mass is 831 g/mol. The van der Waals surface area contributed by atoms with Gasteiger partial charge in [-0.25, -0.2) is 26.7 Å². The van der Waals surface area contributed by atoms with Crippen molar-refractivity contribution in [3.05, 3.63) is 117 Å². The number of nitriles is 1. The highest BCUT2D eigenvalue weighted by Crippen LogP contribution is 2.49. The van der Waals surface area contributed by atoms with Gasteiger partial charge in [0.15, 0.2) is 10.8 Å². The SMILES string of the molecule is Cc1cc(-n2nc3c(c2-n2ccn(-c4ccc5c(cnn5C)c4F)c2=O)[C@@H]2CC[C@H](C3)N2S(=O)(=O)c2cc3cc([C@H]4CCOC(C)(C)C4)ccc3n2CC#N)cc(C)c1F. The fraction of sp³-hybridized carbons (Fsp3) is 0.364. The van der Waals surface area contributed by atoms with Gasteiger partial charge < -0.3 is 9.30 Å². The molecular weight excluding hydrogens is 789 g/mol. The highest BCUT2D eigenvalue weighted by molar-refractivity contribution is 7.89. The molecule has 3 aliphatic rings. The van der Waals surface area contributed by atoms with E-state index in [9.17, 15) is 10.1 Å². The lowest BCUT2D eigenvalue weighted by Gasteiger charge is -2.35. The van der Waals surface area contributed by atoms with Crippen LogP contribution in [-0.4, -0.2) is 64.2 Å². The largest absolute Gasteiger partial charge is 0.376 e. The molecule has 2 fully saturated rings. The molecule has 2 saturated heterocycles. The summed E-state index contributed by atoms with van der Waals surface area (Å²) in [6, 6.07) is 15.2. The predicted molar refractivity (Wildman–Crippen MR) is 220 cm³/mol. The number of hydrogen-bond donors (Lipinski definition) is 0. The summed E-state index contributed by atoms with van der Waals surface area (Å²) >= 11 is 0. The number of aryl methyl sites for hydroxylation is 3. The quantitative estimate of drug-likeness (QED) is 0.166. The van der Waals surface area contributed by atoms with Crippen molar-refractivity contribution >= 4 is 31.8 Å². The van der Waals surface area contributed by atoms with Crippen LogP contribution in [0.1, 0.15) is 79.4 Å². The van der Waals surface area contributed by atoms with Crippen molar-refractivity contribution < 1.29 is 21.9 Å². The van der Waals surface area contributed by atoms with Gasteiger partial charge in [-0.1, -0.05) is 6.07 Å². The molecule has 7 aromatic rings. The Labute approximate surface area is 344 Å². The maximum Gasteiger partial charge on any atom is 0.338 e. The smallest absolute Gasteiger partial charge is 0.338 e. The Morgan fingerprint density at radius 3 is 2.47 bits per heavy atom. The molecule has 0 saturated carbocycles. The van der Waals surface area contributed by atoms with E-state index in [2.05, 4.69) is 25.0 Å². The van der Waals surface area contributed by atoms with Gasteiger partial charge in [0, 0.05) is 49.5 Å². The lowest BCUT2D eigenvalue weighted by Crippen LogP contribution is -2.42. The summed E-state index contributed by atoms with van der Waals surface area (Å²) in [6.07, 6.45) is 7.34. The van der Waals surface area contributed by atoms with Gasteiger partial charge in [-0.05, 0) is 118 Å². The zero-order valence-corrected chi connectivity index (χ0v) is 34.7. The summed E-state index contributed by atoms with van der Waals surface area (Å²) in [5, 5.41) is 20.2. The van der Waals surface area contributed by atoms with E-state index >= 15 is 17.2 Å². The van der Waals surface area contributed by atoms with E-state index in [1.54, 1.807) is 59.1 Å². The first-order valence-electron chi connectivity index (χ1n) is 20.1. The molecule has 0 spiro atoms. The third-order valence-corrected chi connectivity index (χ3v) is 14.8. The number of fused-ring (bicyclic) bond motifs is 6. The van der Waals surface area contributed by atoms with Gasteiger partial charge in [-0.2, -0.15) is 19.8 Å². The van der Waals surface area contributed by atoms with Crippen LogP contribution in [0.4, 0.5) is 8.78 Å². The van der Waals surface area contributed by atoms with Gasteiger partial charge in [0.1, 0.15) is 18.2 Å². The Balaban J connectivity index is 1.12. The summed E-state index contributed by atoms with van der Waals surface area (Å²) in [7, 11) is -2.56. The Bertz CT molecular complexity index is 3120. The van der Waals surface area contributed by atoms with Crippen molar-refractivity contribution in [3.63, 3.8) is 0 Å². The molecular formula is C44H43F2N9O4S. The van der Waals surface area contributed by atoms with Crippen molar-refractivity contribution in [2.24, 2.45) is 7.05 Å². The van der Waals surface area contributed by atoms with Crippen molar-refractivity contribution in [1.29, 1.82) is 5.26 Å². The molecule has 0 aliphatic carbocycles. The Kier molecular flexibility index (Phi) is 8.66. The van der Waals surface area contributed by atoms with E-state index < -0.39 is 33.6 Å². The molecule has 0 unspecified atom stereocenters. The number of aromatic nitrogens is 7.